The van der Waals surface area contributed by atoms with Gasteiger partial charge in [-0.15, -0.1) is 12.3 Å². The zero-order valence-corrected chi connectivity index (χ0v) is 13.2. The number of carboxylic acid groups (broad SMARTS) is 1. The molecule has 0 saturated heterocycles. The van der Waals surface area contributed by atoms with Crippen molar-refractivity contribution in [2.45, 2.75) is 25.3 Å². The Hall–Kier alpha value is -3.06. The molecule has 1 atom stereocenters. The van der Waals surface area contributed by atoms with Gasteiger partial charge in [-0.3, -0.25) is 4.79 Å². The molecule has 0 radical (unpaired) electrons. The summed E-state index contributed by atoms with van der Waals surface area (Å²) in [7, 11) is 0. The van der Waals surface area contributed by atoms with E-state index in [0.717, 1.165) is 11.1 Å². The highest BCUT2D eigenvalue weighted by atomic mass is 16.4. The summed E-state index contributed by atoms with van der Waals surface area (Å²) in [5.74, 6) is 1.01. The number of amides is 1. The monoisotopic (exact) mass is 321 g/mol. The lowest BCUT2D eigenvalue weighted by molar-refractivity contribution is -0.139. The van der Waals surface area contributed by atoms with Gasteiger partial charge in [-0.2, -0.15) is 0 Å². The van der Waals surface area contributed by atoms with Gasteiger partial charge in [0.05, 0.1) is 0 Å². The third-order valence-electron chi connectivity index (χ3n) is 3.67. The smallest absolute Gasteiger partial charge is 0.326 e. The fraction of sp³-hybridized carbons (Fsp3) is 0.200. The molecule has 0 bridgehead atoms. The topological polar surface area (TPSA) is 66.4 Å². The maximum absolute atomic E-state index is 12.2. The average molecular weight is 321 g/mol. The third-order valence-corrected chi connectivity index (χ3v) is 3.67. The second-order valence-electron chi connectivity index (χ2n) is 5.40. The molecule has 0 aliphatic heterocycles. The maximum atomic E-state index is 12.2. The van der Waals surface area contributed by atoms with Crippen molar-refractivity contribution < 1.29 is 14.7 Å². The van der Waals surface area contributed by atoms with Crippen LogP contribution in [0, 0.1) is 12.3 Å². The van der Waals surface area contributed by atoms with Crippen molar-refractivity contribution in [2.75, 3.05) is 0 Å². The van der Waals surface area contributed by atoms with Crippen LogP contribution < -0.4 is 5.32 Å². The number of hydrogen-bond donors (Lipinski definition) is 2. The number of terminal acetylenes is 1. The largest absolute Gasteiger partial charge is 0.480 e. The van der Waals surface area contributed by atoms with E-state index < -0.39 is 17.9 Å². The first kappa shape index (κ1) is 17.3. The summed E-state index contributed by atoms with van der Waals surface area (Å²) in [5, 5.41) is 11.7. The van der Waals surface area contributed by atoms with E-state index in [4.69, 9.17) is 6.42 Å². The van der Waals surface area contributed by atoms with Gasteiger partial charge >= 0.3 is 5.97 Å². The Morgan fingerprint density at radius 2 is 1.67 bits per heavy atom. The van der Waals surface area contributed by atoms with Crippen LogP contribution >= 0.6 is 0 Å². The molecule has 0 heterocycles. The minimum atomic E-state index is -1.05. The van der Waals surface area contributed by atoms with Crippen molar-refractivity contribution in [3.63, 3.8) is 0 Å². The van der Waals surface area contributed by atoms with Gasteiger partial charge in [-0.05, 0) is 36.1 Å². The van der Waals surface area contributed by atoms with E-state index in [0.29, 0.717) is 24.8 Å². The number of hydrogen-bond acceptors (Lipinski definition) is 2. The van der Waals surface area contributed by atoms with Crippen LogP contribution in [0.2, 0.25) is 0 Å². The van der Waals surface area contributed by atoms with Gasteiger partial charge in [0.25, 0.3) is 5.91 Å². The average Bonchev–Trinajstić information content (AvgIpc) is 2.61. The summed E-state index contributed by atoms with van der Waals surface area (Å²) in [6.45, 7) is 0. The molecule has 2 aromatic carbocycles. The Morgan fingerprint density at radius 1 is 1.04 bits per heavy atom. The molecule has 24 heavy (non-hydrogen) atoms. The second kappa shape index (κ2) is 8.54. The molecule has 0 unspecified atom stereocenters. The van der Waals surface area contributed by atoms with Gasteiger partial charge in [0, 0.05) is 12.0 Å². The molecule has 4 heteroatoms. The lowest BCUT2D eigenvalue weighted by Gasteiger charge is -2.14. The quantitative estimate of drug-likeness (QED) is 0.607. The molecule has 0 aromatic heterocycles. The van der Waals surface area contributed by atoms with E-state index in [2.05, 4.69) is 11.2 Å². The highest BCUT2D eigenvalue weighted by molar-refractivity contribution is 5.97. The van der Waals surface area contributed by atoms with Crippen LogP contribution in [0.4, 0.5) is 0 Å². The number of nitrogens with one attached hydrogen (secondary N) is 1. The van der Waals surface area contributed by atoms with Gasteiger partial charge in [0.1, 0.15) is 6.04 Å². The Labute approximate surface area is 141 Å². The SMILES string of the molecule is C#CCCC[C@H](NC(=O)c1ccc(-c2ccccc2)cc1)C(=O)O. The number of carbonyl (C=O) groups excluding carboxylic acids is 1. The van der Waals surface area contributed by atoms with E-state index in [1.165, 1.54) is 0 Å². The highest BCUT2D eigenvalue weighted by Crippen LogP contribution is 2.19. The molecule has 4 nitrogen and oxygen atoms in total. The van der Waals surface area contributed by atoms with E-state index in [9.17, 15) is 14.7 Å². The van der Waals surface area contributed by atoms with Gasteiger partial charge in [-0.25, -0.2) is 4.79 Å². The summed E-state index contributed by atoms with van der Waals surface area (Å²) >= 11 is 0. The minimum Gasteiger partial charge on any atom is -0.480 e. The third kappa shape index (κ3) is 4.72. The van der Waals surface area contributed by atoms with Crippen molar-refractivity contribution in [2.24, 2.45) is 0 Å². The van der Waals surface area contributed by atoms with Crippen LogP contribution in [0.15, 0.2) is 54.6 Å². The van der Waals surface area contributed by atoms with E-state index in [1.807, 2.05) is 42.5 Å². The van der Waals surface area contributed by atoms with Crippen molar-refractivity contribution >= 4 is 11.9 Å². The van der Waals surface area contributed by atoms with Gasteiger partial charge in [0.15, 0.2) is 0 Å². The first-order chi connectivity index (χ1) is 11.6. The molecule has 1 amide bonds. The summed E-state index contributed by atoms with van der Waals surface area (Å²) in [6.07, 6.45) is 6.52. The molecular formula is C20H19NO3. The Balaban J connectivity index is 2.03. The zero-order chi connectivity index (χ0) is 17.4. The number of rotatable bonds is 7. The van der Waals surface area contributed by atoms with Crippen LogP contribution in [0.25, 0.3) is 11.1 Å². The standard InChI is InChI=1S/C20H19NO3/c1-2-3-5-10-18(20(23)24)21-19(22)17-13-11-16(12-14-17)15-8-6-4-7-9-15/h1,4,6-9,11-14,18H,3,5,10H2,(H,21,22)(H,23,24)/t18-/m0/s1. The molecule has 0 aliphatic rings. The predicted octanol–water partition coefficient (Wildman–Crippen LogP) is 3.34. The Morgan fingerprint density at radius 3 is 2.25 bits per heavy atom. The second-order valence-corrected chi connectivity index (χ2v) is 5.40. The maximum Gasteiger partial charge on any atom is 0.326 e. The summed E-state index contributed by atoms with van der Waals surface area (Å²) in [6, 6.07) is 16.0. The first-order valence-electron chi connectivity index (χ1n) is 7.74. The molecule has 0 spiro atoms. The van der Waals surface area contributed by atoms with E-state index in [-0.39, 0.29) is 0 Å². The van der Waals surface area contributed by atoms with Crippen LogP contribution in [-0.4, -0.2) is 23.0 Å². The highest BCUT2D eigenvalue weighted by Gasteiger charge is 2.20. The number of unbranched alkanes of at least 4 members (excludes halogenated alkanes) is 1. The molecule has 0 aliphatic carbocycles. The molecule has 2 N–H and O–H groups in total. The molecular weight excluding hydrogens is 302 g/mol. The van der Waals surface area contributed by atoms with Crippen LogP contribution in [0.5, 0.6) is 0 Å². The van der Waals surface area contributed by atoms with Gasteiger partial charge in [-0.1, -0.05) is 42.5 Å². The summed E-state index contributed by atoms with van der Waals surface area (Å²) in [4.78, 5) is 23.5. The predicted molar refractivity (Wildman–Crippen MR) is 93.5 cm³/mol. The lowest BCUT2D eigenvalue weighted by Crippen LogP contribution is -2.40. The molecule has 2 aromatic rings. The number of carboxylic acids is 1. The van der Waals surface area contributed by atoms with Crippen molar-refractivity contribution in [1.29, 1.82) is 0 Å². The van der Waals surface area contributed by atoms with E-state index >= 15 is 0 Å². The number of benzene rings is 2. The molecule has 122 valence electrons. The molecule has 2 rings (SSSR count). The fourth-order valence-corrected chi connectivity index (χ4v) is 2.35. The van der Waals surface area contributed by atoms with Crippen molar-refractivity contribution in [1.82, 2.24) is 5.32 Å². The van der Waals surface area contributed by atoms with Gasteiger partial charge in [0.2, 0.25) is 0 Å². The summed E-state index contributed by atoms with van der Waals surface area (Å²) in [5.41, 5.74) is 2.48. The number of aliphatic carboxylic acids is 1. The van der Waals surface area contributed by atoms with Crippen LogP contribution in [-0.2, 0) is 4.79 Å². The first-order valence-corrected chi connectivity index (χ1v) is 7.74. The minimum absolute atomic E-state index is 0.313. The lowest BCUT2D eigenvalue weighted by atomic mass is 10.0. The van der Waals surface area contributed by atoms with Gasteiger partial charge < -0.3 is 10.4 Å². The zero-order valence-electron chi connectivity index (χ0n) is 13.2. The Kier molecular flexibility index (Phi) is 6.16. The summed E-state index contributed by atoms with van der Waals surface area (Å²) < 4.78 is 0. The van der Waals surface area contributed by atoms with Crippen molar-refractivity contribution in [3.05, 3.63) is 60.2 Å². The molecule has 0 saturated carbocycles. The van der Waals surface area contributed by atoms with Crippen LogP contribution in [0.3, 0.4) is 0 Å². The van der Waals surface area contributed by atoms with Crippen LogP contribution in [0.1, 0.15) is 29.6 Å². The van der Waals surface area contributed by atoms with Crippen molar-refractivity contribution in [3.8, 4) is 23.5 Å². The number of carbonyl (C=O) groups is 2. The normalized spacial score (nSPS) is 11.3. The Bertz CT molecular complexity index is 730. The molecule has 0 fully saturated rings. The van der Waals surface area contributed by atoms with E-state index in [1.54, 1.807) is 12.1 Å². The fourth-order valence-electron chi connectivity index (χ4n) is 2.35.